The van der Waals surface area contributed by atoms with Crippen LogP contribution in [0.15, 0.2) is 72.8 Å². The summed E-state index contributed by atoms with van der Waals surface area (Å²) >= 11 is 0. The molecule has 0 radical (unpaired) electrons. The first-order valence-electron chi connectivity index (χ1n) is 11.2. The van der Waals surface area contributed by atoms with Crippen LogP contribution in [0.4, 0.5) is 4.39 Å². The average Bonchev–Trinajstić information content (AvgIpc) is 2.85. The third kappa shape index (κ3) is 5.88. The Balaban J connectivity index is 1.31. The van der Waals surface area contributed by atoms with E-state index in [4.69, 9.17) is 0 Å². The molecular formula is C26H28FN3O3S. The average molecular weight is 482 g/mol. The molecule has 1 aliphatic heterocycles. The first-order valence-corrected chi connectivity index (χ1v) is 12.5. The van der Waals surface area contributed by atoms with Gasteiger partial charge in [0.1, 0.15) is 11.6 Å². The minimum atomic E-state index is -1.20. The van der Waals surface area contributed by atoms with Crippen LogP contribution in [0.5, 0.6) is 5.75 Å². The number of amides is 1. The Bertz CT molecular complexity index is 1150. The lowest BCUT2D eigenvalue weighted by Gasteiger charge is -2.38. The molecule has 1 saturated heterocycles. The van der Waals surface area contributed by atoms with Gasteiger partial charge in [0.15, 0.2) is 0 Å². The Labute approximate surface area is 201 Å². The van der Waals surface area contributed by atoms with Crippen molar-refractivity contribution in [1.82, 2.24) is 14.5 Å². The molecule has 2 N–H and O–H groups in total. The van der Waals surface area contributed by atoms with E-state index in [1.165, 1.54) is 18.2 Å². The van der Waals surface area contributed by atoms with Crippen LogP contribution in [0.1, 0.15) is 22.8 Å². The van der Waals surface area contributed by atoms with Gasteiger partial charge in [-0.15, -0.1) is 0 Å². The predicted octanol–water partition coefficient (Wildman–Crippen LogP) is 3.76. The molecule has 1 aliphatic rings. The molecule has 34 heavy (non-hydrogen) atoms. The number of carbonyl (C=O) groups is 1. The summed E-state index contributed by atoms with van der Waals surface area (Å²) in [7, 11) is -1.20. The number of phenolic OH excluding ortho intramolecular Hbond substituents is 1. The van der Waals surface area contributed by atoms with Gasteiger partial charge in [-0.25, -0.2) is 13.3 Å². The van der Waals surface area contributed by atoms with E-state index >= 15 is 0 Å². The highest BCUT2D eigenvalue weighted by molar-refractivity contribution is 7.82. The second kappa shape index (κ2) is 10.9. The molecule has 3 aromatic rings. The van der Waals surface area contributed by atoms with Crippen molar-refractivity contribution in [2.24, 2.45) is 0 Å². The third-order valence-electron chi connectivity index (χ3n) is 5.99. The van der Waals surface area contributed by atoms with Crippen molar-refractivity contribution in [2.75, 3.05) is 26.2 Å². The number of hydrogen-bond donors (Lipinski definition) is 2. The fraction of sp³-hybridized carbons (Fsp3) is 0.269. The van der Waals surface area contributed by atoms with Gasteiger partial charge in [0, 0.05) is 37.3 Å². The molecule has 3 aromatic carbocycles. The second-order valence-electron chi connectivity index (χ2n) is 8.34. The minimum absolute atomic E-state index is 0.0937. The Kier molecular flexibility index (Phi) is 7.72. The Morgan fingerprint density at radius 2 is 1.71 bits per heavy atom. The summed E-state index contributed by atoms with van der Waals surface area (Å²) in [6.45, 7) is 4.26. The standard InChI is InChI=1S/C26H28FN3O3S/c1-19(28-34(33)18-20-5-3-2-4-6-20)29-13-15-30(16-14-29)26(32)22-9-12-24(25(27)17-22)21-7-10-23(31)11-8-21/h2-12,17,19,28,31H,13-16,18H2,1H3. The van der Waals surface area contributed by atoms with Gasteiger partial charge in [-0.05, 0) is 42.3 Å². The maximum atomic E-state index is 14.7. The van der Waals surface area contributed by atoms with Crippen LogP contribution in [0.25, 0.3) is 11.1 Å². The van der Waals surface area contributed by atoms with Crippen molar-refractivity contribution >= 4 is 16.9 Å². The third-order valence-corrected chi connectivity index (χ3v) is 7.19. The van der Waals surface area contributed by atoms with Gasteiger partial charge in [0.25, 0.3) is 5.91 Å². The van der Waals surface area contributed by atoms with Gasteiger partial charge in [0.05, 0.1) is 22.9 Å². The summed E-state index contributed by atoms with van der Waals surface area (Å²) < 4.78 is 30.3. The number of piperazine rings is 1. The Morgan fingerprint density at radius 3 is 2.35 bits per heavy atom. The van der Waals surface area contributed by atoms with E-state index in [0.717, 1.165) is 5.56 Å². The van der Waals surface area contributed by atoms with E-state index in [2.05, 4.69) is 9.62 Å². The quantitative estimate of drug-likeness (QED) is 0.539. The molecule has 4 rings (SSSR count). The maximum absolute atomic E-state index is 14.7. The topological polar surface area (TPSA) is 72.9 Å². The Hall–Kier alpha value is -3.07. The molecule has 1 fully saturated rings. The van der Waals surface area contributed by atoms with Gasteiger partial charge in [0.2, 0.25) is 0 Å². The summed E-state index contributed by atoms with van der Waals surface area (Å²) in [5.41, 5.74) is 2.34. The number of rotatable bonds is 7. The van der Waals surface area contributed by atoms with E-state index in [-0.39, 0.29) is 17.8 Å². The molecule has 0 spiro atoms. The minimum Gasteiger partial charge on any atom is -0.508 e. The van der Waals surface area contributed by atoms with E-state index in [1.54, 1.807) is 29.2 Å². The van der Waals surface area contributed by atoms with E-state index in [1.807, 2.05) is 37.3 Å². The zero-order valence-corrected chi connectivity index (χ0v) is 19.8. The normalized spacial score (nSPS) is 16.2. The molecule has 0 saturated carbocycles. The first kappa shape index (κ1) is 24.1. The fourth-order valence-electron chi connectivity index (χ4n) is 4.05. The smallest absolute Gasteiger partial charge is 0.254 e. The number of hydrogen-bond acceptors (Lipinski definition) is 4. The van der Waals surface area contributed by atoms with Crippen molar-refractivity contribution < 1.29 is 18.5 Å². The highest BCUT2D eigenvalue weighted by Crippen LogP contribution is 2.26. The second-order valence-corrected chi connectivity index (χ2v) is 9.55. The molecule has 2 unspecified atom stereocenters. The van der Waals surface area contributed by atoms with Crippen LogP contribution in [-0.2, 0) is 16.7 Å². The molecule has 6 nitrogen and oxygen atoms in total. The van der Waals surface area contributed by atoms with E-state index in [0.29, 0.717) is 48.6 Å². The van der Waals surface area contributed by atoms with Gasteiger partial charge < -0.3 is 10.0 Å². The van der Waals surface area contributed by atoms with Crippen LogP contribution in [-0.4, -0.2) is 57.4 Å². The SMILES string of the molecule is CC(NS(=O)Cc1ccccc1)N1CCN(C(=O)c2ccc(-c3ccc(O)cc3)c(F)c2)CC1. The molecule has 0 aromatic heterocycles. The van der Waals surface area contributed by atoms with Crippen LogP contribution < -0.4 is 4.72 Å². The van der Waals surface area contributed by atoms with Crippen LogP contribution in [0.2, 0.25) is 0 Å². The van der Waals surface area contributed by atoms with Crippen LogP contribution in [0.3, 0.4) is 0 Å². The summed E-state index contributed by atoms with van der Waals surface area (Å²) in [4.78, 5) is 16.8. The van der Waals surface area contributed by atoms with E-state index in [9.17, 15) is 18.5 Å². The predicted molar refractivity (Wildman–Crippen MR) is 132 cm³/mol. The lowest BCUT2D eigenvalue weighted by Crippen LogP contribution is -2.55. The molecule has 8 heteroatoms. The zero-order chi connectivity index (χ0) is 24.1. The highest BCUT2D eigenvalue weighted by atomic mass is 32.2. The number of benzene rings is 3. The molecule has 178 valence electrons. The monoisotopic (exact) mass is 481 g/mol. The van der Waals surface area contributed by atoms with Crippen molar-refractivity contribution in [2.45, 2.75) is 18.8 Å². The van der Waals surface area contributed by atoms with Crippen LogP contribution in [0, 0.1) is 5.82 Å². The van der Waals surface area contributed by atoms with Crippen molar-refractivity contribution in [3.63, 3.8) is 0 Å². The number of halogens is 1. The molecule has 0 aliphatic carbocycles. The lowest BCUT2D eigenvalue weighted by atomic mass is 10.0. The fourth-order valence-corrected chi connectivity index (χ4v) is 5.16. The van der Waals surface area contributed by atoms with Crippen LogP contribution >= 0.6 is 0 Å². The van der Waals surface area contributed by atoms with Gasteiger partial charge >= 0.3 is 0 Å². The summed E-state index contributed by atoms with van der Waals surface area (Å²) in [6.07, 6.45) is -0.0937. The van der Waals surface area contributed by atoms with Crippen molar-refractivity contribution in [1.29, 1.82) is 0 Å². The number of aromatic hydroxyl groups is 1. The Morgan fingerprint density at radius 1 is 1.03 bits per heavy atom. The zero-order valence-electron chi connectivity index (χ0n) is 19.0. The van der Waals surface area contributed by atoms with Crippen molar-refractivity contribution in [3.05, 3.63) is 89.7 Å². The highest BCUT2D eigenvalue weighted by Gasteiger charge is 2.26. The maximum Gasteiger partial charge on any atom is 0.254 e. The number of nitrogens with zero attached hydrogens (tertiary/aromatic N) is 2. The first-order chi connectivity index (χ1) is 16.4. The number of phenols is 1. The summed E-state index contributed by atoms with van der Waals surface area (Å²) in [5.74, 6) is -0.130. The number of carbonyl (C=O) groups excluding carboxylic acids is 1. The molecular weight excluding hydrogens is 453 g/mol. The molecule has 1 amide bonds. The summed E-state index contributed by atoms with van der Waals surface area (Å²) in [6, 6.07) is 20.5. The van der Waals surface area contributed by atoms with Gasteiger partial charge in [-0.3, -0.25) is 9.69 Å². The largest absolute Gasteiger partial charge is 0.508 e. The van der Waals surface area contributed by atoms with Crippen molar-refractivity contribution in [3.8, 4) is 16.9 Å². The molecule has 0 bridgehead atoms. The number of nitrogens with one attached hydrogen (secondary N) is 1. The lowest BCUT2D eigenvalue weighted by molar-refractivity contribution is 0.0574. The molecule has 1 heterocycles. The van der Waals surface area contributed by atoms with Gasteiger partial charge in [-0.1, -0.05) is 48.5 Å². The van der Waals surface area contributed by atoms with E-state index < -0.39 is 16.8 Å². The molecule has 2 atom stereocenters. The summed E-state index contributed by atoms with van der Waals surface area (Å²) in [5, 5.41) is 9.42. The van der Waals surface area contributed by atoms with Gasteiger partial charge in [-0.2, -0.15) is 0 Å².